The van der Waals surface area contributed by atoms with Crippen molar-refractivity contribution in [3.8, 4) is 5.75 Å². The molecule has 154 valence electrons. The van der Waals surface area contributed by atoms with Gasteiger partial charge in [0.2, 0.25) is 0 Å². The third-order valence-corrected chi connectivity index (χ3v) is 8.52. The summed E-state index contributed by atoms with van der Waals surface area (Å²) in [5, 5.41) is 0. The molecule has 4 atom stereocenters. The number of amides is 1. The number of carbonyl (C=O) groups is 1. The van der Waals surface area contributed by atoms with Crippen LogP contribution in [0.2, 0.25) is 0 Å². The summed E-state index contributed by atoms with van der Waals surface area (Å²) in [5.41, 5.74) is 0.703. The van der Waals surface area contributed by atoms with Crippen LogP contribution in [-0.2, 0) is 9.71 Å². The lowest BCUT2D eigenvalue weighted by atomic mass is 9.91. The highest BCUT2D eigenvalue weighted by molar-refractivity contribution is 7.98. The maximum absolute atomic E-state index is 13.9. The summed E-state index contributed by atoms with van der Waals surface area (Å²) in [5.74, 6) is 5.37. The van der Waals surface area contributed by atoms with Crippen LogP contribution in [0.1, 0.15) is 30.1 Å². The molecule has 2 aromatic rings. The number of hydrogen-bond donors (Lipinski definition) is 0. The Kier molecular flexibility index (Phi) is 5.40. The number of likely N-dealkylation sites (tertiary alicyclic amines) is 1. The third-order valence-electron chi connectivity index (χ3n) is 6.20. The zero-order valence-corrected chi connectivity index (χ0v) is 17.8. The first-order valence-electron chi connectivity index (χ1n) is 10.1. The summed E-state index contributed by atoms with van der Waals surface area (Å²) < 4.78 is 21.2. The van der Waals surface area contributed by atoms with Gasteiger partial charge in [0.25, 0.3) is 5.91 Å². The Morgan fingerprint density at radius 3 is 2.48 bits per heavy atom. The summed E-state index contributed by atoms with van der Waals surface area (Å²) in [6, 6.07) is 16.9. The largest absolute Gasteiger partial charge is 0.497 e. The molecule has 6 heteroatoms. The smallest absolute Gasteiger partial charge is 0.253 e. The van der Waals surface area contributed by atoms with Crippen molar-refractivity contribution in [1.82, 2.24) is 9.21 Å². The molecule has 29 heavy (non-hydrogen) atoms. The van der Waals surface area contributed by atoms with Crippen LogP contribution >= 0.6 is 0 Å². The van der Waals surface area contributed by atoms with E-state index < -0.39 is 9.71 Å². The Balaban J connectivity index is 1.60. The molecule has 2 aliphatic heterocycles. The molecule has 2 aliphatic rings. The molecule has 1 amide bonds. The number of hydrogen-bond acceptors (Lipinski definition) is 3. The number of fused-ring (bicyclic) bond motifs is 1. The lowest BCUT2D eigenvalue weighted by molar-refractivity contribution is 0.0634. The zero-order valence-electron chi connectivity index (χ0n) is 17.0. The molecule has 2 heterocycles. The van der Waals surface area contributed by atoms with E-state index in [9.17, 15) is 9.00 Å². The Morgan fingerprint density at radius 2 is 1.83 bits per heavy atom. The van der Waals surface area contributed by atoms with Gasteiger partial charge in [0, 0.05) is 35.6 Å². The molecule has 0 aliphatic carbocycles. The normalized spacial score (nSPS) is 26.6. The maximum Gasteiger partial charge on any atom is 0.253 e. The van der Waals surface area contributed by atoms with E-state index in [1.807, 2.05) is 59.5 Å². The predicted molar refractivity (Wildman–Crippen MR) is 117 cm³/mol. The van der Waals surface area contributed by atoms with Crippen LogP contribution in [0, 0.1) is 5.92 Å². The first-order valence-corrected chi connectivity index (χ1v) is 11.7. The molecule has 2 aromatic carbocycles. The van der Waals surface area contributed by atoms with Gasteiger partial charge in [-0.05, 0) is 68.0 Å². The van der Waals surface area contributed by atoms with Crippen molar-refractivity contribution >= 4 is 21.5 Å². The van der Waals surface area contributed by atoms with Gasteiger partial charge < -0.3 is 9.64 Å². The molecule has 0 bridgehead atoms. The van der Waals surface area contributed by atoms with Crippen LogP contribution in [0.5, 0.6) is 5.75 Å². The second-order valence-electron chi connectivity index (χ2n) is 7.99. The van der Waals surface area contributed by atoms with E-state index >= 15 is 0 Å². The molecule has 4 rings (SSSR count). The maximum atomic E-state index is 13.9. The Bertz CT molecular complexity index is 973. The van der Waals surface area contributed by atoms with Gasteiger partial charge in [0.15, 0.2) is 0 Å². The molecule has 0 aromatic heterocycles. The first-order chi connectivity index (χ1) is 13.9. The topological polar surface area (TPSA) is 49.9 Å². The van der Waals surface area contributed by atoms with Crippen LogP contribution in [0.3, 0.4) is 0 Å². The number of benzene rings is 2. The van der Waals surface area contributed by atoms with Gasteiger partial charge in [-0.2, -0.15) is 0 Å². The fourth-order valence-corrected chi connectivity index (χ4v) is 6.93. The summed E-state index contributed by atoms with van der Waals surface area (Å²) in [7, 11) is -1.04. The van der Waals surface area contributed by atoms with Crippen LogP contribution in [0.15, 0.2) is 59.5 Å². The Labute approximate surface area is 173 Å². The minimum atomic E-state index is -2.66. The van der Waals surface area contributed by atoms with Gasteiger partial charge in [-0.1, -0.05) is 18.2 Å². The Hall–Kier alpha value is -2.31. The van der Waals surface area contributed by atoms with E-state index in [1.54, 1.807) is 7.11 Å². The number of piperidine rings is 1. The second kappa shape index (κ2) is 7.84. The van der Waals surface area contributed by atoms with Crippen molar-refractivity contribution in [2.45, 2.75) is 36.7 Å². The van der Waals surface area contributed by atoms with E-state index in [1.165, 1.54) is 0 Å². The number of carbonyl (C=O) groups excluding carboxylic acids is 1. The van der Waals surface area contributed by atoms with Gasteiger partial charge >= 0.3 is 0 Å². The molecule has 2 fully saturated rings. The van der Waals surface area contributed by atoms with E-state index in [0.717, 1.165) is 25.1 Å². The van der Waals surface area contributed by atoms with Crippen molar-refractivity contribution in [1.29, 1.82) is 0 Å². The predicted octanol–water partition coefficient (Wildman–Crippen LogP) is 3.31. The quantitative estimate of drug-likeness (QED) is 0.724. The summed E-state index contributed by atoms with van der Waals surface area (Å²) >= 11 is 0. The highest BCUT2D eigenvalue weighted by Gasteiger charge is 2.46. The molecule has 0 saturated carbocycles. The first kappa shape index (κ1) is 20.0. The molecule has 0 N–H and O–H groups in total. The van der Waals surface area contributed by atoms with Crippen molar-refractivity contribution in [3.05, 3.63) is 60.2 Å². The molecular formula is C23H28N2O3S. The Morgan fingerprint density at radius 1 is 1.14 bits per heavy atom. The standard InChI is InChI=1S/C23H28N2O3S/c1-17-15-19-13-14-24(23(26)18-7-5-4-6-8-18)16-22(19)25(17)29(3,27)21-11-9-20(28-2)10-12-21/h4-12,17,19,22H,3,13-16H2,1-2H3/t17-,19+,22+,29?/m1/s1. The highest BCUT2D eigenvalue weighted by atomic mass is 32.2. The molecule has 5 nitrogen and oxygen atoms in total. The molecular weight excluding hydrogens is 384 g/mol. The van der Waals surface area contributed by atoms with E-state index in [4.69, 9.17) is 4.74 Å². The SMILES string of the molecule is C=S(=O)(c1ccc(OC)cc1)N1[C@H](C)C[C@@H]2CCN(C(=O)c3ccccc3)C[C@@H]21. The fraction of sp³-hybridized carbons (Fsp3) is 0.391. The minimum absolute atomic E-state index is 0.0450. The number of ether oxygens (including phenoxy) is 1. The van der Waals surface area contributed by atoms with Gasteiger partial charge in [-0.15, -0.1) is 0 Å². The number of rotatable bonds is 4. The van der Waals surface area contributed by atoms with Crippen LogP contribution in [-0.4, -0.2) is 57.5 Å². The van der Waals surface area contributed by atoms with Gasteiger partial charge in [-0.25, -0.2) is 8.51 Å². The monoisotopic (exact) mass is 412 g/mol. The molecule has 0 radical (unpaired) electrons. The van der Waals surface area contributed by atoms with Crippen molar-refractivity contribution in [2.24, 2.45) is 5.92 Å². The summed E-state index contributed by atoms with van der Waals surface area (Å²) in [4.78, 5) is 15.6. The highest BCUT2D eigenvalue weighted by Crippen LogP contribution is 2.39. The molecule has 2 saturated heterocycles. The lowest BCUT2D eigenvalue weighted by Crippen LogP contribution is -2.52. The third kappa shape index (κ3) is 3.67. The lowest BCUT2D eigenvalue weighted by Gasteiger charge is -2.40. The molecule has 1 unspecified atom stereocenters. The second-order valence-corrected chi connectivity index (χ2v) is 10.2. The van der Waals surface area contributed by atoms with Crippen LogP contribution in [0.25, 0.3) is 0 Å². The zero-order chi connectivity index (χ0) is 20.6. The van der Waals surface area contributed by atoms with Crippen molar-refractivity contribution in [2.75, 3.05) is 20.2 Å². The average molecular weight is 413 g/mol. The van der Waals surface area contributed by atoms with Gasteiger partial charge in [0.05, 0.1) is 16.8 Å². The average Bonchev–Trinajstić information content (AvgIpc) is 3.09. The summed E-state index contributed by atoms with van der Waals surface area (Å²) in [6.45, 7) is 3.46. The van der Waals surface area contributed by atoms with E-state index in [-0.39, 0.29) is 18.0 Å². The van der Waals surface area contributed by atoms with E-state index in [2.05, 4.69) is 17.1 Å². The summed E-state index contributed by atoms with van der Waals surface area (Å²) in [6.07, 6.45) is 1.92. The van der Waals surface area contributed by atoms with Crippen molar-refractivity contribution in [3.63, 3.8) is 0 Å². The fourth-order valence-electron chi connectivity index (χ4n) is 4.78. The van der Waals surface area contributed by atoms with Crippen molar-refractivity contribution < 1.29 is 13.7 Å². The minimum Gasteiger partial charge on any atom is -0.497 e. The van der Waals surface area contributed by atoms with E-state index in [0.29, 0.717) is 22.9 Å². The number of nitrogens with zero attached hydrogens (tertiary/aromatic N) is 2. The van der Waals surface area contributed by atoms with Crippen LogP contribution in [0.4, 0.5) is 0 Å². The van der Waals surface area contributed by atoms with Crippen LogP contribution < -0.4 is 4.74 Å². The van der Waals surface area contributed by atoms with Gasteiger partial charge in [0.1, 0.15) is 5.75 Å². The number of methoxy groups -OCH3 is 1. The molecule has 0 spiro atoms. The van der Waals surface area contributed by atoms with Gasteiger partial charge in [-0.3, -0.25) is 4.79 Å².